The van der Waals surface area contributed by atoms with Crippen molar-refractivity contribution in [1.29, 1.82) is 0 Å². The van der Waals surface area contributed by atoms with Gasteiger partial charge in [-0.2, -0.15) is 0 Å². The van der Waals surface area contributed by atoms with Crippen LogP contribution in [0.5, 0.6) is 0 Å². The Labute approximate surface area is 140 Å². The first-order valence-corrected chi connectivity index (χ1v) is 8.13. The number of nitrogens with zero attached hydrogens (tertiary/aromatic N) is 3. The first-order valence-electron chi connectivity index (χ1n) is 7.76. The van der Waals surface area contributed by atoms with Gasteiger partial charge in [0.05, 0.1) is 0 Å². The maximum Gasteiger partial charge on any atom is 0.272 e. The highest BCUT2D eigenvalue weighted by atomic mass is 35.5. The summed E-state index contributed by atoms with van der Waals surface area (Å²) >= 11 is 5.87. The van der Waals surface area contributed by atoms with Gasteiger partial charge in [-0.25, -0.2) is 9.97 Å². The lowest BCUT2D eigenvalue weighted by molar-refractivity contribution is 0.0691. The van der Waals surface area contributed by atoms with Crippen LogP contribution in [0, 0.1) is 5.92 Å². The smallest absolute Gasteiger partial charge is 0.272 e. The second-order valence-electron chi connectivity index (χ2n) is 5.90. The molecule has 5 nitrogen and oxygen atoms in total. The minimum Gasteiger partial charge on any atom is -0.340 e. The molecule has 0 unspecified atom stereocenters. The molecule has 23 heavy (non-hydrogen) atoms. The van der Waals surface area contributed by atoms with Crippen molar-refractivity contribution < 1.29 is 4.79 Å². The molecule has 0 atom stereocenters. The van der Waals surface area contributed by atoms with Gasteiger partial charge in [0.1, 0.15) is 17.8 Å². The van der Waals surface area contributed by atoms with Gasteiger partial charge in [-0.3, -0.25) is 4.79 Å². The zero-order chi connectivity index (χ0) is 16.2. The lowest BCUT2D eigenvalue weighted by Crippen LogP contribution is -2.38. The number of hydrogen-bond donors (Lipinski definition) is 1. The van der Waals surface area contributed by atoms with E-state index in [1.54, 1.807) is 18.2 Å². The van der Waals surface area contributed by atoms with Crippen LogP contribution >= 0.6 is 11.6 Å². The standard InChI is InChI=1S/C17H19ClN4O/c1-12-6-8-22(9-7-12)17(23)15-10-16(20-11-19-15)21-14-4-2-13(18)3-5-14/h2-5,10-12H,6-9H2,1H3,(H,19,20,21). The summed E-state index contributed by atoms with van der Waals surface area (Å²) in [7, 11) is 0. The van der Waals surface area contributed by atoms with Crippen molar-refractivity contribution in [1.82, 2.24) is 14.9 Å². The third kappa shape index (κ3) is 3.99. The van der Waals surface area contributed by atoms with E-state index in [9.17, 15) is 4.79 Å². The van der Waals surface area contributed by atoms with Crippen molar-refractivity contribution in [3.63, 3.8) is 0 Å². The van der Waals surface area contributed by atoms with Crippen molar-refractivity contribution in [2.75, 3.05) is 18.4 Å². The third-order valence-electron chi connectivity index (χ3n) is 4.07. The van der Waals surface area contributed by atoms with Gasteiger partial charge in [0.15, 0.2) is 0 Å². The zero-order valence-electron chi connectivity index (χ0n) is 13.0. The fraction of sp³-hybridized carbons (Fsp3) is 0.353. The van der Waals surface area contributed by atoms with E-state index in [0.717, 1.165) is 31.6 Å². The molecule has 1 fully saturated rings. The molecule has 0 spiro atoms. The first-order chi connectivity index (χ1) is 11.1. The first kappa shape index (κ1) is 15.7. The Hall–Kier alpha value is -2.14. The van der Waals surface area contributed by atoms with Gasteiger partial charge in [-0.1, -0.05) is 18.5 Å². The summed E-state index contributed by atoms with van der Waals surface area (Å²) in [6.07, 6.45) is 3.51. The Morgan fingerprint density at radius 1 is 1.22 bits per heavy atom. The summed E-state index contributed by atoms with van der Waals surface area (Å²) in [5, 5.41) is 3.83. The van der Waals surface area contributed by atoms with Crippen LogP contribution < -0.4 is 5.32 Å². The number of aromatic nitrogens is 2. The summed E-state index contributed by atoms with van der Waals surface area (Å²) in [5.41, 5.74) is 1.28. The molecule has 3 rings (SSSR count). The molecular formula is C17H19ClN4O. The minimum absolute atomic E-state index is 0.0292. The van der Waals surface area contributed by atoms with Crippen molar-refractivity contribution in [3.8, 4) is 0 Å². The Morgan fingerprint density at radius 3 is 2.61 bits per heavy atom. The average Bonchev–Trinajstić information content (AvgIpc) is 2.57. The van der Waals surface area contributed by atoms with Crippen molar-refractivity contribution >= 4 is 29.0 Å². The Morgan fingerprint density at radius 2 is 1.91 bits per heavy atom. The highest BCUT2D eigenvalue weighted by Gasteiger charge is 2.22. The van der Waals surface area contributed by atoms with E-state index in [4.69, 9.17) is 11.6 Å². The van der Waals surface area contributed by atoms with Crippen molar-refractivity contribution in [2.45, 2.75) is 19.8 Å². The molecule has 0 radical (unpaired) electrons. The van der Waals surface area contributed by atoms with Crippen molar-refractivity contribution in [2.24, 2.45) is 5.92 Å². The second kappa shape index (κ2) is 6.96. The summed E-state index contributed by atoms with van der Waals surface area (Å²) in [5.74, 6) is 1.25. The van der Waals surface area contributed by atoms with Crippen LogP contribution in [0.4, 0.5) is 11.5 Å². The summed E-state index contributed by atoms with van der Waals surface area (Å²) < 4.78 is 0. The van der Waals surface area contributed by atoms with Gasteiger partial charge >= 0.3 is 0 Å². The van der Waals surface area contributed by atoms with Crippen molar-refractivity contribution in [3.05, 3.63) is 47.4 Å². The molecule has 1 aliphatic rings. The second-order valence-corrected chi connectivity index (χ2v) is 6.33. The number of carbonyl (C=O) groups excluding carboxylic acids is 1. The van der Waals surface area contributed by atoms with Crippen LogP contribution in [-0.2, 0) is 0 Å². The Bertz CT molecular complexity index is 681. The Balaban J connectivity index is 1.71. The highest BCUT2D eigenvalue weighted by molar-refractivity contribution is 6.30. The predicted octanol–water partition coefficient (Wildman–Crippen LogP) is 3.75. The minimum atomic E-state index is -0.0292. The number of anilines is 2. The number of likely N-dealkylation sites (tertiary alicyclic amines) is 1. The largest absolute Gasteiger partial charge is 0.340 e. The van der Waals surface area contributed by atoms with Gasteiger partial charge in [0, 0.05) is 29.9 Å². The van der Waals surface area contributed by atoms with E-state index >= 15 is 0 Å². The van der Waals surface area contributed by atoms with E-state index in [-0.39, 0.29) is 5.91 Å². The molecule has 120 valence electrons. The van der Waals surface area contributed by atoms with Crippen LogP contribution in [-0.4, -0.2) is 33.9 Å². The van der Waals surface area contributed by atoms with Gasteiger partial charge in [0.2, 0.25) is 0 Å². The lowest BCUT2D eigenvalue weighted by atomic mass is 9.99. The van der Waals surface area contributed by atoms with E-state index < -0.39 is 0 Å². The SMILES string of the molecule is CC1CCN(C(=O)c2cc(Nc3ccc(Cl)cc3)ncn2)CC1. The molecule has 1 amide bonds. The number of hydrogen-bond acceptors (Lipinski definition) is 4. The van der Waals surface area contributed by atoms with Gasteiger partial charge in [0.25, 0.3) is 5.91 Å². The van der Waals surface area contributed by atoms with Crippen LogP contribution in [0.25, 0.3) is 0 Å². The molecule has 0 bridgehead atoms. The predicted molar refractivity (Wildman–Crippen MR) is 91.1 cm³/mol. The Kier molecular flexibility index (Phi) is 4.76. The topological polar surface area (TPSA) is 58.1 Å². The molecule has 1 saturated heterocycles. The normalized spacial score (nSPS) is 15.5. The van der Waals surface area contributed by atoms with Crippen LogP contribution in [0.3, 0.4) is 0 Å². The number of amides is 1. The summed E-state index contributed by atoms with van der Waals surface area (Å²) in [6.45, 7) is 3.81. The molecule has 2 aromatic rings. The summed E-state index contributed by atoms with van der Waals surface area (Å²) in [6, 6.07) is 9.00. The van der Waals surface area contributed by atoms with Crippen LogP contribution in [0.2, 0.25) is 5.02 Å². The van der Waals surface area contributed by atoms with Gasteiger partial charge in [-0.15, -0.1) is 0 Å². The number of nitrogens with one attached hydrogen (secondary N) is 1. The molecule has 0 saturated carbocycles. The third-order valence-corrected chi connectivity index (χ3v) is 4.33. The monoisotopic (exact) mass is 330 g/mol. The maximum atomic E-state index is 12.5. The molecule has 1 aromatic carbocycles. The number of piperidine rings is 1. The van der Waals surface area contributed by atoms with Crippen LogP contribution in [0.15, 0.2) is 36.7 Å². The zero-order valence-corrected chi connectivity index (χ0v) is 13.8. The van der Waals surface area contributed by atoms with E-state index in [0.29, 0.717) is 22.5 Å². The molecule has 1 aromatic heterocycles. The van der Waals surface area contributed by atoms with E-state index in [1.165, 1.54) is 6.33 Å². The maximum absolute atomic E-state index is 12.5. The van der Waals surface area contributed by atoms with Gasteiger partial charge < -0.3 is 10.2 Å². The lowest BCUT2D eigenvalue weighted by Gasteiger charge is -2.30. The fourth-order valence-electron chi connectivity index (χ4n) is 2.60. The van der Waals surface area contributed by atoms with Crippen LogP contribution in [0.1, 0.15) is 30.3 Å². The molecule has 1 N–H and O–H groups in total. The quantitative estimate of drug-likeness (QED) is 0.931. The molecular weight excluding hydrogens is 312 g/mol. The molecule has 0 aliphatic carbocycles. The van der Waals surface area contributed by atoms with E-state index in [2.05, 4.69) is 22.2 Å². The number of halogens is 1. The fourth-order valence-corrected chi connectivity index (χ4v) is 2.72. The number of benzene rings is 1. The highest BCUT2D eigenvalue weighted by Crippen LogP contribution is 2.20. The number of rotatable bonds is 3. The molecule has 2 heterocycles. The van der Waals surface area contributed by atoms with Gasteiger partial charge in [-0.05, 0) is 43.0 Å². The summed E-state index contributed by atoms with van der Waals surface area (Å²) in [4.78, 5) is 22.7. The average molecular weight is 331 g/mol. The molecule has 6 heteroatoms. The molecule has 1 aliphatic heterocycles. The van der Waals surface area contributed by atoms with E-state index in [1.807, 2.05) is 17.0 Å². The number of carbonyl (C=O) groups is 1.